The average molecular weight is 515 g/mol. The van der Waals surface area contributed by atoms with E-state index in [1.165, 1.54) is 0 Å². The van der Waals surface area contributed by atoms with Crippen molar-refractivity contribution in [2.75, 3.05) is 23.3 Å². The van der Waals surface area contributed by atoms with Gasteiger partial charge in [-0.1, -0.05) is 24.3 Å². The number of hydrogen-bond acceptors (Lipinski definition) is 6. The van der Waals surface area contributed by atoms with Gasteiger partial charge in [-0.2, -0.15) is 18.3 Å². The number of aromatic nitrogens is 4. The van der Waals surface area contributed by atoms with Crippen LogP contribution in [0.15, 0.2) is 54.7 Å². The van der Waals surface area contributed by atoms with Crippen LogP contribution < -0.4 is 10.2 Å². The fourth-order valence-electron chi connectivity index (χ4n) is 4.78. The monoisotopic (exact) mass is 515 g/mol. The van der Waals surface area contributed by atoms with Gasteiger partial charge in [0, 0.05) is 53.6 Å². The van der Waals surface area contributed by atoms with E-state index in [-0.39, 0.29) is 18.7 Å². The molecule has 192 valence electrons. The molecule has 4 aromatic rings. The lowest BCUT2D eigenvalue weighted by molar-refractivity contribution is -0.142. The zero-order valence-corrected chi connectivity index (χ0v) is 19.6. The number of carbonyl (C=O) groups is 1. The third-order valence-corrected chi connectivity index (χ3v) is 6.61. The molecule has 3 N–H and O–H groups in total. The Morgan fingerprint density at radius 2 is 1.86 bits per heavy atom. The molecule has 0 aliphatic carbocycles. The summed E-state index contributed by atoms with van der Waals surface area (Å²) < 4.78 is 55.7. The van der Waals surface area contributed by atoms with Crippen LogP contribution in [-0.4, -0.2) is 50.2 Å². The summed E-state index contributed by atoms with van der Waals surface area (Å²) in [6.45, 7) is 0.417. The summed E-state index contributed by atoms with van der Waals surface area (Å²) >= 11 is 0. The molecule has 3 heterocycles. The summed E-state index contributed by atoms with van der Waals surface area (Å²) in [7, 11) is 1.80. The van der Waals surface area contributed by atoms with Crippen molar-refractivity contribution in [3.8, 4) is 11.4 Å². The lowest BCUT2D eigenvalue weighted by Gasteiger charge is -2.37. The molecule has 0 saturated carbocycles. The number of nitrogens with one attached hydrogen (secondary N) is 1. The van der Waals surface area contributed by atoms with Gasteiger partial charge in [-0.25, -0.2) is 4.39 Å². The Labute approximate surface area is 208 Å². The molecule has 0 spiro atoms. The molecule has 2 atom stereocenters. The molecule has 37 heavy (non-hydrogen) atoms. The summed E-state index contributed by atoms with van der Waals surface area (Å²) in [5.74, 6) is -2.36. The number of anilines is 2. The first kappa shape index (κ1) is 24.5. The van der Waals surface area contributed by atoms with Crippen LogP contribution in [-0.2, 0) is 18.0 Å². The minimum Gasteiger partial charge on any atom is -0.564 e. The molecular weight excluding hydrogens is 492 g/mol. The van der Waals surface area contributed by atoms with E-state index < -0.39 is 35.5 Å². The Hall–Kier alpha value is -4.22. The summed E-state index contributed by atoms with van der Waals surface area (Å²) in [6.07, 6.45) is -2.87. The van der Waals surface area contributed by atoms with Crippen LogP contribution >= 0.6 is 0 Å². The average Bonchev–Trinajstić information content (AvgIpc) is 3.29. The number of rotatable bonds is 5. The van der Waals surface area contributed by atoms with E-state index in [9.17, 15) is 22.4 Å². The molecule has 2 unspecified atom stereocenters. The topological polar surface area (TPSA) is 98.8 Å². The number of carbonyl (C=O) groups excluding carboxylic acids is 1. The van der Waals surface area contributed by atoms with Gasteiger partial charge in [0.05, 0.1) is 11.3 Å². The number of halogens is 4. The van der Waals surface area contributed by atoms with Gasteiger partial charge < -0.3 is 15.3 Å². The summed E-state index contributed by atoms with van der Waals surface area (Å²) in [4.78, 5) is 14.1. The number of hydrogen-bond donors (Lipinski definition) is 1. The first-order chi connectivity index (χ1) is 17.6. The van der Waals surface area contributed by atoms with Crippen molar-refractivity contribution in [2.45, 2.75) is 18.6 Å². The lowest BCUT2D eigenvalue weighted by atomic mass is 9.91. The Kier molecular flexibility index (Phi) is 6.18. The molecular formula is C25H23F4N6O2+. The van der Waals surface area contributed by atoms with Gasteiger partial charge in [0.1, 0.15) is 11.5 Å². The second-order valence-corrected chi connectivity index (χ2v) is 8.90. The molecule has 8 nitrogen and oxygen atoms in total. The van der Waals surface area contributed by atoms with Crippen LogP contribution in [0.25, 0.3) is 22.2 Å². The van der Waals surface area contributed by atoms with Crippen LogP contribution in [0.5, 0.6) is 0 Å². The second kappa shape index (κ2) is 9.34. The van der Waals surface area contributed by atoms with Gasteiger partial charge in [-0.15, -0.1) is 10.2 Å². The van der Waals surface area contributed by atoms with E-state index >= 15 is 0 Å². The largest absolute Gasteiger partial charge is 0.564 e. The summed E-state index contributed by atoms with van der Waals surface area (Å²) in [6, 6.07) is 11.0. The highest BCUT2D eigenvalue weighted by Gasteiger charge is 2.42. The van der Waals surface area contributed by atoms with Gasteiger partial charge in [0.15, 0.2) is 11.7 Å². The van der Waals surface area contributed by atoms with E-state index in [0.29, 0.717) is 24.1 Å². The first-order valence-corrected chi connectivity index (χ1v) is 11.5. The van der Waals surface area contributed by atoms with Crippen LogP contribution in [0.3, 0.4) is 0 Å². The number of fused-ring (bicyclic) bond motifs is 1. The van der Waals surface area contributed by atoms with E-state index in [1.807, 2.05) is 35.2 Å². The normalized spacial score (nSPS) is 18.2. The molecule has 1 aliphatic heterocycles. The summed E-state index contributed by atoms with van der Waals surface area (Å²) in [5, 5.41) is 25.2. The minimum atomic E-state index is -4.78. The highest BCUT2D eigenvalue weighted by atomic mass is 19.4. The third-order valence-electron chi connectivity index (χ3n) is 6.61. The molecule has 0 bridgehead atoms. The summed E-state index contributed by atoms with van der Waals surface area (Å²) in [5.41, 5.74) is -0.0738. The SMILES string of the molecule is Cn1nccc1-c1nnc(N2CCC(Nc3ccc(F)cc3C(F)(F)F)C(C(=O)[OH2+])C2)c2ccccc12. The van der Waals surface area contributed by atoms with Crippen molar-refractivity contribution < 1.29 is 27.5 Å². The molecule has 2 aromatic carbocycles. The highest BCUT2D eigenvalue weighted by molar-refractivity contribution is 6.00. The van der Waals surface area contributed by atoms with Crippen LogP contribution in [0.4, 0.5) is 29.1 Å². The number of aryl methyl sites for hydroxylation is 1. The highest BCUT2D eigenvalue weighted by Crippen LogP contribution is 2.38. The van der Waals surface area contributed by atoms with Gasteiger partial charge >= 0.3 is 12.1 Å². The van der Waals surface area contributed by atoms with Crippen LogP contribution in [0.1, 0.15) is 12.0 Å². The Bertz CT molecular complexity index is 1470. The zero-order valence-electron chi connectivity index (χ0n) is 19.6. The van der Waals surface area contributed by atoms with Crippen molar-refractivity contribution in [1.82, 2.24) is 20.0 Å². The van der Waals surface area contributed by atoms with Gasteiger partial charge in [0.2, 0.25) is 0 Å². The Morgan fingerprint density at radius 1 is 1.11 bits per heavy atom. The Balaban J connectivity index is 1.46. The van der Waals surface area contributed by atoms with E-state index in [2.05, 4.69) is 20.6 Å². The minimum absolute atomic E-state index is 0.0618. The van der Waals surface area contributed by atoms with Crippen molar-refractivity contribution in [2.24, 2.45) is 13.0 Å². The van der Waals surface area contributed by atoms with Crippen molar-refractivity contribution in [1.29, 1.82) is 0 Å². The van der Waals surface area contributed by atoms with Crippen molar-refractivity contribution >= 4 is 28.2 Å². The van der Waals surface area contributed by atoms with Crippen molar-refractivity contribution in [3.05, 3.63) is 66.1 Å². The standard InChI is InChI=1S/C25H22F4N6O2/c1-34-21(8-10-30-34)22-15-4-2-3-5-16(15)23(33-32-22)35-11-9-19(17(13-35)24(36)37)31-20-7-6-14(26)12-18(20)25(27,28)29/h2-8,10,12,17,19,31H,9,11,13H2,1H3,(H,36,37)/p+1. The van der Waals surface area contributed by atoms with Crippen LogP contribution in [0.2, 0.25) is 0 Å². The van der Waals surface area contributed by atoms with E-state index in [4.69, 9.17) is 5.11 Å². The lowest BCUT2D eigenvalue weighted by Crippen LogP contribution is -2.50. The fourth-order valence-corrected chi connectivity index (χ4v) is 4.78. The molecule has 0 radical (unpaired) electrons. The maximum atomic E-state index is 13.5. The molecule has 1 aliphatic rings. The maximum Gasteiger partial charge on any atom is 0.523 e. The predicted molar refractivity (Wildman–Crippen MR) is 129 cm³/mol. The third kappa shape index (κ3) is 4.66. The second-order valence-electron chi connectivity index (χ2n) is 8.90. The van der Waals surface area contributed by atoms with Crippen LogP contribution in [0, 0.1) is 11.7 Å². The quantitative estimate of drug-likeness (QED) is 0.321. The molecule has 12 heteroatoms. The molecule has 1 fully saturated rings. The number of nitrogens with zero attached hydrogens (tertiary/aromatic N) is 5. The smallest absolute Gasteiger partial charge is 0.523 e. The van der Waals surface area contributed by atoms with Gasteiger partial charge in [-0.3, -0.25) is 4.68 Å². The number of benzene rings is 2. The molecule has 2 aromatic heterocycles. The zero-order chi connectivity index (χ0) is 26.3. The molecule has 5 rings (SSSR count). The fraction of sp³-hybridized carbons (Fsp3) is 0.280. The number of piperidine rings is 1. The van der Waals surface area contributed by atoms with E-state index in [0.717, 1.165) is 28.6 Å². The predicted octanol–water partition coefficient (Wildman–Crippen LogP) is 3.75. The maximum absolute atomic E-state index is 13.5. The first-order valence-electron chi connectivity index (χ1n) is 11.5. The Morgan fingerprint density at radius 3 is 2.54 bits per heavy atom. The molecule has 0 amide bonds. The molecule has 1 saturated heterocycles. The van der Waals surface area contributed by atoms with Gasteiger partial charge in [0.25, 0.3) is 0 Å². The number of alkyl halides is 3. The van der Waals surface area contributed by atoms with Gasteiger partial charge in [-0.05, 0) is 30.7 Å². The van der Waals surface area contributed by atoms with E-state index in [1.54, 1.807) is 17.9 Å². The van der Waals surface area contributed by atoms with Crippen molar-refractivity contribution in [3.63, 3.8) is 0 Å².